The fourth-order valence-electron chi connectivity index (χ4n) is 2.47. The standard InChI is InChI=1S/C19H26N4O6S/c1-8-28-16(26)12-10(2)13(15(25)22(6)7)30-14(12)20-11(24)9-23-18(27)29-17(21-23)19(3,4)5/h8-9H2,1-7H3,(H,20,24). The van der Waals surface area contributed by atoms with Gasteiger partial charge in [-0.1, -0.05) is 20.8 Å². The number of carbonyl (C=O) groups excluding carboxylic acids is 3. The molecule has 0 aliphatic rings. The van der Waals surface area contributed by atoms with Gasteiger partial charge in [0.15, 0.2) is 0 Å². The minimum Gasteiger partial charge on any atom is -0.462 e. The minimum atomic E-state index is -0.758. The van der Waals surface area contributed by atoms with Crippen LogP contribution in [-0.2, 0) is 21.5 Å². The highest BCUT2D eigenvalue weighted by atomic mass is 32.1. The fraction of sp³-hybridized carbons (Fsp3) is 0.526. The van der Waals surface area contributed by atoms with Crippen molar-refractivity contribution in [2.75, 3.05) is 26.0 Å². The Bertz CT molecular complexity index is 1020. The molecule has 0 aliphatic carbocycles. The quantitative estimate of drug-likeness (QED) is 0.684. The van der Waals surface area contributed by atoms with Crippen molar-refractivity contribution in [1.82, 2.24) is 14.7 Å². The topological polar surface area (TPSA) is 124 Å². The van der Waals surface area contributed by atoms with Crippen LogP contribution in [-0.4, -0.2) is 53.2 Å². The number of carbonyl (C=O) groups is 3. The van der Waals surface area contributed by atoms with E-state index in [1.54, 1.807) is 27.9 Å². The van der Waals surface area contributed by atoms with Gasteiger partial charge in [-0.05, 0) is 19.4 Å². The Kier molecular flexibility index (Phi) is 6.86. The summed E-state index contributed by atoms with van der Waals surface area (Å²) in [5.74, 6) is -2.09. The SMILES string of the molecule is CCOC(=O)c1c(NC(=O)Cn2nc(C(C)(C)C)oc2=O)sc(C(=O)N(C)C)c1C. The van der Waals surface area contributed by atoms with E-state index in [9.17, 15) is 19.2 Å². The smallest absolute Gasteiger partial charge is 0.437 e. The van der Waals surface area contributed by atoms with Gasteiger partial charge < -0.3 is 19.4 Å². The first-order chi connectivity index (χ1) is 13.9. The highest BCUT2D eigenvalue weighted by Gasteiger charge is 2.28. The summed E-state index contributed by atoms with van der Waals surface area (Å²) in [4.78, 5) is 51.1. The van der Waals surface area contributed by atoms with E-state index in [1.165, 1.54) is 4.90 Å². The summed E-state index contributed by atoms with van der Waals surface area (Å²) in [7, 11) is 3.18. The summed E-state index contributed by atoms with van der Waals surface area (Å²) >= 11 is 0.974. The maximum Gasteiger partial charge on any atom is 0.437 e. The maximum absolute atomic E-state index is 12.6. The Labute approximate surface area is 177 Å². The molecule has 0 radical (unpaired) electrons. The number of nitrogens with one attached hydrogen (secondary N) is 1. The van der Waals surface area contributed by atoms with Crippen LogP contribution in [0.1, 0.15) is 59.2 Å². The number of nitrogens with zero attached hydrogens (tertiary/aromatic N) is 3. The zero-order valence-electron chi connectivity index (χ0n) is 18.1. The molecular weight excluding hydrogens is 412 g/mol. The molecule has 0 saturated carbocycles. The highest BCUT2D eigenvalue weighted by Crippen LogP contribution is 2.34. The van der Waals surface area contributed by atoms with Crippen LogP contribution in [0.4, 0.5) is 5.00 Å². The second-order valence-corrected chi connectivity index (χ2v) is 8.83. The average molecular weight is 439 g/mol. The molecule has 10 nitrogen and oxygen atoms in total. The Morgan fingerprint density at radius 1 is 1.27 bits per heavy atom. The van der Waals surface area contributed by atoms with Crippen LogP contribution in [0.3, 0.4) is 0 Å². The molecule has 0 bridgehead atoms. The lowest BCUT2D eigenvalue weighted by molar-refractivity contribution is -0.117. The van der Waals surface area contributed by atoms with Crippen LogP contribution in [0, 0.1) is 6.92 Å². The van der Waals surface area contributed by atoms with Crippen LogP contribution in [0.2, 0.25) is 0 Å². The van der Waals surface area contributed by atoms with E-state index < -0.39 is 29.6 Å². The molecule has 0 aromatic carbocycles. The predicted octanol–water partition coefficient (Wildman–Crippen LogP) is 2.02. The molecule has 0 spiro atoms. The fourth-order valence-corrected chi connectivity index (χ4v) is 3.70. The number of ether oxygens (including phenoxy) is 1. The van der Waals surface area contributed by atoms with Gasteiger partial charge >= 0.3 is 11.7 Å². The summed E-state index contributed by atoms with van der Waals surface area (Å²) in [5.41, 5.74) is 0.0360. The third-order valence-corrected chi connectivity index (χ3v) is 5.22. The van der Waals surface area contributed by atoms with Gasteiger partial charge in [0, 0.05) is 19.5 Å². The number of amides is 2. The van der Waals surface area contributed by atoms with Crippen molar-refractivity contribution in [3.63, 3.8) is 0 Å². The molecule has 0 saturated heterocycles. The molecule has 2 amide bonds. The summed E-state index contributed by atoms with van der Waals surface area (Å²) in [6.07, 6.45) is 0. The van der Waals surface area contributed by atoms with Gasteiger partial charge in [0.05, 0.1) is 17.0 Å². The molecular formula is C19H26N4O6S. The molecule has 0 unspecified atom stereocenters. The summed E-state index contributed by atoms with van der Waals surface area (Å²) in [6.45, 7) is 8.49. The molecule has 2 heterocycles. The normalized spacial score (nSPS) is 11.3. The Hall–Kier alpha value is -2.95. The van der Waals surface area contributed by atoms with Crippen molar-refractivity contribution in [1.29, 1.82) is 0 Å². The van der Waals surface area contributed by atoms with E-state index in [-0.39, 0.29) is 29.0 Å². The van der Waals surface area contributed by atoms with E-state index in [1.807, 2.05) is 20.8 Å². The van der Waals surface area contributed by atoms with E-state index in [2.05, 4.69) is 10.4 Å². The van der Waals surface area contributed by atoms with Gasteiger partial charge in [0.1, 0.15) is 11.5 Å². The lowest BCUT2D eigenvalue weighted by Crippen LogP contribution is -2.26. The monoisotopic (exact) mass is 438 g/mol. The van der Waals surface area contributed by atoms with Crippen LogP contribution < -0.4 is 11.1 Å². The van der Waals surface area contributed by atoms with E-state index in [0.29, 0.717) is 10.4 Å². The number of aromatic nitrogens is 2. The highest BCUT2D eigenvalue weighted by molar-refractivity contribution is 7.18. The Morgan fingerprint density at radius 2 is 1.90 bits per heavy atom. The van der Waals surface area contributed by atoms with Gasteiger partial charge in [-0.3, -0.25) is 9.59 Å². The average Bonchev–Trinajstić information content (AvgIpc) is 3.14. The number of rotatable bonds is 6. The van der Waals surface area contributed by atoms with Gasteiger partial charge in [0.2, 0.25) is 11.8 Å². The molecule has 30 heavy (non-hydrogen) atoms. The van der Waals surface area contributed by atoms with Crippen LogP contribution in [0.25, 0.3) is 0 Å². The summed E-state index contributed by atoms with van der Waals surface area (Å²) in [5, 5.41) is 6.82. The van der Waals surface area contributed by atoms with E-state index >= 15 is 0 Å². The van der Waals surface area contributed by atoms with Crippen molar-refractivity contribution in [3.8, 4) is 0 Å². The van der Waals surface area contributed by atoms with Crippen LogP contribution >= 0.6 is 11.3 Å². The number of esters is 1. The van der Waals surface area contributed by atoms with Crippen molar-refractivity contribution in [2.45, 2.75) is 46.6 Å². The molecule has 164 valence electrons. The largest absolute Gasteiger partial charge is 0.462 e. The van der Waals surface area contributed by atoms with E-state index in [4.69, 9.17) is 9.15 Å². The first-order valence-corrected chi connectivity index (χ1v) is 10.1. The second-order valence-electron chi connectivity index (χ2n) is 7.81. The van der Waals surface area contributed by atoms with Gasteiger partial charge in [0.25, 0.3) is 5.91 Å². The molecule has 1 N–H and O–H groups in total. The van der Waals surface area contributed by atoms with Gasteiger partial charge in [-0.15, -0.1) is 16.4 Å². The second kappa shape index (κ2) is 8.82. The van der Waals surface area contributed by atoms with Crippen molar-refractivity contribution in [2.24, 2.45) is 0 Å². The molecule has 11 heteroatoms. The molecule has 0 atom stereocenters. The molecule has 2 rings (SSSR count). The summed E-state index contributed by atoms with van der Waals surface area (Å²) < 4.78 is 11.1. The number of hydrogen-bond acceptors (Lipinski definition) is 8. The van der Waals surface area contributed by atoms with E-state index in [0.717, 1.165) is 16.0 Å². The molecule has 2 aromatic heterocycles. The Morgan fingerprint density at radius 3 is 2.40 bits per heavy atom. The lowest BCUT2D eigenvalue weighted by atomic mass is 9.97. The maximum atomic E-state index is 12.6. The Balaban J connectivity index is 2.35. The zero-order valence-corrected chi connectivity index (χ0v) is 18.9. The predicted molar refractivity (Wildman–Crippen MR) is 111 cm³/mol. The molecule has 0 fully saturated rings. The molecule has 2 aromatic rings. The third kappa shape index (κ3) is 4.96. The third-order valence-electron chi connectivity index (χ3n) is 4.02. The number of thiophene rings is 1. The minimum absolute atomic E-state index is 0.114. The van der Waals surface area contributed by atoms with Crippen molar-refractivity contribution >= 4 is 34.1 Å². The summed E-state index contributed by atoms with van der Waals surface area (Å²) in [6, 6.07) is 0. The van der Waals surface area contributed by atoms with Crippen LogP contribution in [0.15, 0.2) is 9.21 Å². The zero-order chi connectivity index (χ0) is 22.8. The van der Waals surface area contributed by atoms with Crippen molar-refractivity contribution < 1.29 is 23.5 Å². The van der Waals surface area contributed by atoms with Gasteiger partial charge in [-0.25, -0.2) is 9.59 Å². The first kappa shape index (κ1) is 23.3. The lowest BCUT2D eigenvalue weighted by Gasteiger charge is -2.10. The van der Waals surface area contributed by atoms with Crippen molar-refractivity contribution in [3.05, 3.63) is 32.4 Å². The number of anilines is 1. The first-order valence-electron chi connectivity index (χ1n) is 9.27. The van der Waals surface area contributed by atoms with Crippen LogP contribution in [0.5, 0.6) is 0 Å². The molecule has 0 aliphatic heterocycles. The van der Waals surface area contributed by atoms with Gasteiger partial charge in [-0.2, -0.15) is 4.68 Å². The number of hydrogen-bond donors (Lipinski definition) is 1.